The SMILES string of the molecule is CSCC[C@H](NC(=O)[C@@H](N)CC(C)C)C(=O)N[C@H](C(=O)N[C@@H](CO)C(=O)N1CCC[C@H]1C(=O)N[C@@H](CO)C(=O)N[C@@H](CC(C)C)C(=O)O)C(C)C. The van der Waals surface area contributed by atoms with Gasteiger partial charge in [-0.1, -0.05) is 41.5 Å². The molecule has 18 heteroatoms. The van der Waals surface area contributed by atoms with E-state index in [9.17, 15) is 48.9 Å². The first-order valence-corrected chi connectivity index (χ1v) is 18.8. The fourth-order valence-corrected chi connectivity index (χ4v) is 6.04. The van der Waals surface area contributed by atoms with Gasteiger partial charge in [0, 0.05) is 6.54 Å². The number of thioether (sulfide) groups is 1. The number of carboxylic acid groups (broad SMARTS) is 1. The number of nitrogens with one attached hydrogen (secondary N) is 5. The smallest absolute Gasteiger partial charge is 0.326 e. The molecule has 0 aromatic heterocycles. The molecule has 0 spiro atoms. The fraction of sp³-hybridized carbons (Fsp3) is 0.788. The van der Waals surface area contributed by atoms with E-state index in [1.807, 2.05) is 20.1 Å². The molecule has 1 rings (SSSR count). The van der Waals surface area contributed by atoms with Crippen molar-refractivity contribution >= 4 is 53.2 Å². The highest BCUT2D eigenvalue weighted by atomic mass is 32.2. The van der Waals surface area contributed by atoms with Crippen molar-refractivity contribution in [1.29, 1.82) is 0 Å². The highest BCUT2D eigenvalue weighted by Gasteiger charge is 2.40. The van der Waals surface area contributed by atoms with E-state index in [0.717, 1.165) is 4.90 Å². The van der Waals surface area contributed by atoms with E-state index >= 15 is 0 Å². The van der Waals surface area contributed by atoms with Crippen molar-refractivity contribution in [3.05, 3.63) is 0 Å². The predicted molar refractivity (Wildman–Crippen MR) is 191 cm³/mol. The van der Waals surface area contributed by atoms with Crippen LogP contribution in [0.25, 0.3) is 0 Å². The van der Waals surface area contributed by atoms with E-state index < -0.39 is 103 Å². The Labute approximate surface area is 304 Å². The maximum atomic E-state index is 13.6. The molecule has 0 aromatic carbocycles. The average Bonchev–Trinajstić information content (AvgIpc) is 3.55. The second kappa shape index (κ2) is 22.5. The van der Waals surface area contributed by atoms with E-state index in [0.29, 0.717) is 18.6 Å². The minimum absolute atomic E-state index is 0.0629. The van der Waals surface area contributed by atoms with Crippen LogP contribution in [0.2, 0.25) is 0 Å². The molecular formula is C33H59N7O10S. The molecule has 1 saturated heterocycles. The van der Waals surface area contributed by atoms with Gasteiger partial charge in [-0.3, -0.25) is 28.8 Å². The lowest BCUT2D eigenvalue weighted by molar-refractivity contribution is -0.144. The summed E-state index contributed by atoms with van der Waals surface area (Å²) in [6.07, 6.45) is 3.22. The van der Waals surface area contributed by atoms with Gasteiger partial charge in [0.1, 0.15) is 36.3 Å². The number of nitrogens with zero attached hydrogens (tertiary/aromatic N) is 1. The minimum Gasteiger partial charge on any atom is -0.480 e. The molecule has 1 fully saturated rings. The second-order valence-electron chi connectivity index (χ2n) is 14.0. The number of hydrogen-bond acceptors (Lipinski definition) is 11. The molecule has 0 saturated carbocycles. The van der Waals surface area contributed by atoms with Crippen LogP contribution in [0, 0.1) is 17.8 Å². The molecule has 292 valence electrons. The number of rotatable bonds is 22. The van der Waals surface area contributed by atoms with Gasteiger partial charge in [-0.15, -0.1) is 0 Å². The second-order valence-corrected chi connectivity index (χ2v) is 15.0. The summed E-state index contributed by atoms with van der Waals surface area (Å²) in [6, 6.07) is -8.31. The Morgan fingerprint density at radius 1 is 0.745 bits per heavy atom. The summed E-state index contributed by atoms with van der Waals surface area (Å²) < 4.78 is 0. The van der Waals surface area contributed by atoms with Crippen LogP contribution in [-0.2, 0) is 33.6 Å². The van der Waals surface area contributed by atoms with Gasteiger partial charge >= 0.3 is 5.97 Å². The number of nitrogens with two attached hydrogens (primary N) is 1. The molecule has 6 amide bonds. The van der Waals surface area contributed by atoms with Gasteiger partial charge in [-0.2, -0.15) is 11.8 Å². The molecule has 1 aliphatic heterocycles. The molecule has 0 unspecified atom stereocenters. The number of carbonyl (C=O) groups is 7. The lowest BCUT2D eigenvalue weighted by Gasteiger charge is -2.31. The summed E-state index contributed by atoms with van der Waals surface area (Å²) in [5, 5.41) is 41.9. The molecule has 51 heavy (non-hydrogen) atoms. The summed E-state index contributed by atoms with van der Waals surface area (Å²) >= 11 is 1.47. The summed E-state index contributed by atoms with van der Waals surface area (Å²) in [5.74, 6) is -5.48. The van der Waals surface area contributed by atoms with Gasteiger partial charge in [0.05, 0.1) is 19.3 Å². The quantitative estimate of drug-likeness (QED) is 0.0600. The Hall–Kier alpha value is -3.48. The predicted octanol–water partition coefficient (Wildman–Crippen LogP) is -1.70. The summed E-state index contributed by atoms with van der Waals surface area (Å²) in [7, 11) is 0. The van der Waals surface area contributed by atoms with Crippen LogP contribution in [-0.4, -0.2) is 136 Å². The molecule has 0 radical (unpaired) electrons. The highest BCUT2D eigenvalue weighted by Crippen LogP contribution is 2.19. The monoisotopic (exact) mass is 745 g/mol. The summed E-state index contributed by atoms with van der Waals surface area (Å²) in [5.41, 5.74) is 6.01. The van der Waals surface area contributed by atoms with Crippen LogP contribution >= 0.6 is 11.8 Å². The Morgan fingerprint density at radius 2 is 1.29 bits per heavy atom. The molecule has 0 aliphatic carbocycles. The third-order valence-corrected chi connectivity index (χ3v) is 8.97. The van der Waals surface area contributed by atoms with E-state index in [1.54, 1.807) is 27.7 Å². The first-order valence-electron chi connectivity index (χ1n) is 17.4. The maximum Gasteiger partial charge on any atom is 0.326 e. The first kappa shape index (κ1) is 45.5. The molecule has 1 heterocycles. The van der Waals surface area contributed by atoms with Crippen molar-refractivity contribution in [2.45, 2.75) is 116 Å². The zero-order chi connectivity index (χ0) is 39.0. The number of aliphatic carboxylic acids is 1. The van der Waals surface area contributed by atoms with Gasteiger partial charge in [0.15, 0.2) is 0 Å². The summed E-state index contributed by atoms with van der Waals surface area (Å²) in [6.45, 7) is 9.15. The third kappa shape index (κ3) is 15.0. The zero-order valence-corrected chi connectivity index (χ0v) is 31.6. The largest absolute Gasteiger partial charge is 0.480 e. The fourth-order valence-electron chi connectivity index (χ4n) is 5.56. The van der Waals surface area contributed by atoms with Crippen LogP contribution in [0.5, 0.6) is 0 Å². The van der Waals surface area contributed by atoms with E-state index in [4.69, 9.17) is 5.73 Å². The highest BCUT2D eigenvalue weighted by molar-refractivity contribution is 7.98. The number of hydrogen-bond donors (Lipinski definition) is 9. The van der Waals surface area contributed by atoms with Crippen LogP contribution in [0.15, 0.2) is 0 Å². The van der Waals surface area contributed by atoms with Crippen LogP contribution < -0.4 is 32.3 Å². The van der Waals surface area contributed by atoms with Gasteiger partial charge in [0.2, 0.25) is 35.4 Å². The number of carboxylic acids is 1. The Bertz CT molecular complexity index is 1200. The first-order chi connectivity index (χ1) is 23.9. The van der Waals surface area contributed by atoms with E-state index in [-0.39, 0.29) is 37.6 Å². The molecular weight excluding hydrogens is 686 g/mol. The van der Waals surface area contributed by atoms with Crippen LogP contribution in [0.4, 0.5) is 0 Å². The molecule has 1 aliphatic rings. The number of aliphatic hydroxyl groups excluding tert-OH is 2. The topological polar surface area (TPSA) is 270 Å². The number of aliphatic hydroxyl groups is 2. The maximum absolute atomic E-state index is 13.6. The number of amides is 6. The van der Waals surface area contributed by atoms with Crippen molar-refractivity contribution in [3.63, 3.8) is 0 Å². The lowest BCUT2D eigenvalue weighted by Crippen LogP contribution is -2.61. The van der Waals surface area contributed by atoms with E-state index in [1.165, 1.54) is 11.8 Å². The van der Waals surface area contributed by atoms with Gasteiger partial charge < -0.3 is 52.5 Å². The van der Waals surface area contributed by atoms with Gasteiger partial charge in [-0.05, 0) is 61.9 Å². The minimum atomic E-state index is -1.50. The van der Waals surface area contributed by atoms with Gasteiger partial charge in [0.25, 0.3) is 0 Å². The third-order valence-electron chi connectivity index (χ3n) is 8.33. The zero-order valence-electron chi connectivity index (χ0n) is 30.8. The van der Waals surface area contributed by atoms with Crippen molar-refractivity contribution in [1.82, 2.24) is 31.5 Å². The Balaban J connectivity index is 3.04. The lowest BCUT2D eigenvalue weighted by atomic mass is 10.0. The van der Waals surface area contributed by atoms with Crippen molar-refractivity contribution in [2.24, 2.45) is 23.5 Å². The Kier molecular flexibility index (Phi) is 20.1. The van der Waals surface area contributed by atoms with Gasteiger partial charge in [-0.25, -0.2) is 4.79 Å². The molecule has 0 bridgehead atoms. The standard InChI is InChI=1S/C33H59N7O10S/c1-17(2)13-20(34)27(43)35-21(10-12-51-7)28(44)39-26(19(5)6)31(47)38-24(16-42)32(48)40-11-8-9-25(40)30(46)37-23(15-41)29(45)36-22(33(49)50)14-18(3)4/h17-26,41-42H,8-16,34H2,1-7H3,(H,35,43)(H,36,45)(H,37,46)(H,38,47)(H,39,44)(H,49,50)/t20-,21-,22-,23-,24-,25-,26-/m0/s1. The molecule has 0 aromatic rings. The van der Waals surface area contributed by atoms with Crippen molar-refractivity contribution < 1.29 is 48.9 Å². The molecule has 17 nitrogen and oxygen atoms in total. The van der Waals surface area contributed by atoms with Crippen LogP contribution in [0.1, 0.15) is 73.6 Å². The molecule has 7 atom stereocenters. The molecule has 10 N–H and O–H groups in total. The normalized spacial score (nSPS) is 18.0. The average molecular weight is 746 g/mol. The number of likely N-dealkylation sites (tertiary alicyclic amines) is 1. The summed E-state index contributed by atoms with van der Waals surface area (Å²) in [4.78, 5) is 91.9. The van der Waals surface area contributed by atoms with E-state index in [2.05, 4.69) is 26.6 Å². The van der Waals surface area contributed by atoms with Crippen molar-refractivity contribution in [2.75, 3.05) is 31.8 Å². The van der Waals surface area contributed by atoms with Crippen LogP contribution in [0.3, 0.4) is 0 Å². The number of carbonyl (C=O) groups excluding carboxylic acids is 6. The van der Waals surface area contributed by atoms with Crippen molar-refractivity contribution in [3.8, 4) is 0 Å². The Morgan fingerprint density at radius 3 is 1.80 bits per heavy atom.